The van der Waals surface area contributed by atoms with Gasteiger partial charge in [-0.3, -0.25) is 4.79 Å². The van der Waals surface area contributed by atoms with Crippen LogP contribution in [0.5, 0.6) is 17.2 Å². The summed E-state index contributed by atoms with van der Waals surface area (Å²) in [5.74, 6) is 0.229. The van der Waals surface area contributed by atoms with Gasteiger partial charge in [-0.2, -0.15) is 0 Å². The van der Waals surface area contributed by atoms with Gasteiger partial charge in [0.25, 0.3) is 0 Å². The lowest BCUT2D eigenvalue weighted by Crippen LogP contribution is -2.35. The molecule has 132 valence electrons. The molecule has 0 aliphatic carbocycles. The molecule has 2 N–H and O–H groups in total. The molecule has 1 amide bonds. The normalized spacial score (nSPS) is 14.0. The summed E-state index contributed by atoms with van der Waals surface area (Å²) < 4.78 is 21.1. The molecule has 0 bridgehead atoms. The number of carbonyl (C=O) groups excluding carboxylic acids is 1. The number of rotatable bonds is 5. The number of fused-ring (bicyclic) bond motifs is 1. The quantitative estimate of drug-likeness (QED) is 0.849. The van der Waals surface area contributed by atoms with E-state index < -0.39 is 23.7 Å². The van der Waals surface area contributed by atoms with Crippen LogP contribution in [0.25, 0.3) is 0 Å². The summed E-state index contributed by atoms with van der Waals surface area (Å²) in [4.78, 5) is 23.2. The van der Waals surface area contributed by atoms with Crippen LogP contribution < -0.4 is 19.5 Å². The highest BCUT2D eigenvalue weighted by Crippen LogP contribution is 2.43. The second kappa shape index (κ2) is 6.86. The molecule has 0 saturated carbocycles. The molecule has 0 fully saturated rings. The highest BCUT2D eigenvalue weighted by Gasteiger charge is 2.27. The third kappa shape index (κ3) is 4.43. The van der Waals surface area contributed by atoms with Crippen molar-refractivity contribution in [3.05, 3.63) is 17.7 Å². The molecule has 1 heterocycles. The number of hydrogen-bond donors (Lipinski definition) is 2. The zero-order valence-corrected chi connectivity index (χ0v) is 14.0. The Kier molecular flexibility index (Phi) is 5.06. The van der Waals surface area contributed by atoms with Gasteiger partial charge in [-0.15, -0.1) is 0 Å². The molecule has 0 radical (unpaired) electrons. The number of aliphatic carboxylic acids is 1. The van der Waals surface area contributed by atoms with Crippen LogP contribution in [0.3, 0.4) is 0 Å². The molecule has 1 aliphatic heterocycles. The lowest BCUT2D eigenvalue weighted by molar-refractivity contribution is -0.137. The number of hydrogen-bond acceptors (Lipinski definition) is 6. The number of nitrogens with one attached hydrogen (secondary N) is 1. The average molecular weight is 339 g/mol. The summed E-state index contributed by atoms with van der Waals surface area (Å²) in [6.07, 6.45) is -1.02. The Morgan fingerprint density at radius 2 is 2.04 bits per heavy atom. The van der Waals surface area contributed by atoms with Crippen LogP contribution in [0, 0.1) is 0 Å². The van der Waals surface area contributed by atoms with Gasteiger partial charge in [0.1, 0.15) is 5.60 Å². The van der Waals surface area contributed by atoms with Crippen LogP contribution in [-0.4, -0.2) is 36.7 Å². The summed E-state index contributed by atoms with van der Waals surface area (Å²) in [6, 6.07) is 2.43. The molecule has 1 atom stereocenters. The van der Waals surface area contributed by atoms with Crippen molar-refractivity contribution in [3.8, 4) is 17.2 Å². The predicted octanol–water partition coefficient (Wildman–Crippen LogP) is 2.46. The maximum absolute atomic E-state index is 12.0. The van der Waals surface area contributed by atoms with Gasteiger partial charge in [0.15, 0.2) is 11.5 Å². The van der Waals surface area contributed by atoms with Crippen molar-refractivity contribution in [2.24, 2.45) is 0 Å². The van der Waals surface area contributed by atoms with Gasteiger partial charge in [0, 0.05) is 0 Å². The fourth-order valence-electron chi connectivity index (χ4n) is 2.23. The van der Waals surface area contributed by atoms with Crippen molar-refractivity contribution in [2.75, 3.05) is 13.9 Å². The molecular weight excluding hydrogens is 318 g/mol. The molecule has 0 spiro atoms. The minimum atomic E-state index is -1.06. The predicted molar refractivity (Wildman–Crippen MR) is 83.5 cm³/mol. The molecule has 0 aromatic heterocycles. The smallest absolute Gasteiger partial charge is 0.408 e. The molecule has 24 heavy (non-hydrogen) atoms. The topological polar surface area (TPSA) is 103 Å². The Labute approximate surface area is 139 Å². The van der Waals surface area contributed by atoms with Crippen molar-refractivity contribution in [2.45, 2.75) is 38.8 Å². The highest BCUT2D eigenvalue weighted by molar-refractivity contribution is 5.72. The largest absolute Gasteiger partial charge is 0.493 e. The third-order valence-electron chi connectivity index (χ3n) is 3.15. The first-order chi connectivity index (χ1) is 11.2. The van der Waals surface area contributed by atoms with Crippen LogP contribution in [0.1, 0.15) is 38.8 Å². The monoisotopic (exact) mass is 339 g/mol. The molecule has 2 rings (SSSR count). The molecule has 1 aromatic carbocycles. The van der Waals surface area contributed by atoms with E-state index in [1.54, 1.807) is 32.9 Å². The lowest BCUT2D eigenvalue weighted by atomic mass is 10.0. The Morgan fingerprint density at radius 1 is 1.33 bits per heavy atom. The summed E-state index contributed by atoms with van der Waals surface area (Å²) in [5.41, 5.74) is -0.172. The van der Waals surface area contributed by atoms with Crippen LogP contribution in [0.4, 0.5) is 4.79 Å². The number of ether oxygens (including phenoxy) is 4. The van der Waals surface area contributed by atoms with E-state index in [2.05, 4.69) is 5.32 Å². The summed E-state index contributed by atoms with van der Waals surface area (Å²) >= 11 is 0. The minimum absolute atomic E-state index is 0.0538. The van der Waals surface area contributed by atoms with E-state index in [9.17, 15) is 9.59 Å². The number of carbonyl (C=O) groups is 2. The summed E-state index contributed by atoms with van der Waals surface area (Å²) in [5, 5.41) is 11.7. The number of carboxylic acids is 1. The van der Waals surface area contributed by atoms with Crippen LogP contribution in [0.2, 0.25) is 0 Å². The van der Waals surface area contributed by atoms with Gasteiger partial charge < -0.3 is 29.4 Å². The van der Waals surface area contributed by atoms with Gasteiger partial charge in [-0.05, 0) is 38.5 Å². The van der Waals surface area contributed by atoms with Gasteiger partial charge in [-0.1, -0.05) is 0 Å². The van der Waals surface area contributed by atoms with E-state index in [1.165, 1.54) is 7.11 Å². The van der Waals surface area contributed by atoms with Crippen molar-refractivity contribution in [1.29, 1.82) is 0 Å². The molecule has 1 aromatic rings. The molecule has 1 aliphatic rings. The Hall–Kier alpha value is -2.64. The molecular formula is C16H21NO7. The van der Waals surface area contributed by atoms with Gasteiger partial charge >= 0.3 is 12.1 Å². The Balaban J connectivity index is 2.28. The van der Waals surface area contributed by atoms with Crippen molar-refractivity contribution < 1.29 is 33.6 Å². The fraction of sp³-hybridized carbons (Fsp3) is 0.500. The SMILES string of the molecule is COc1cc(C(CC(=O)O)NC(=O)OC(C)(C)C)cc2c1OCO2. The fourth-order valence-corrected chi connectivity index (χ4v) is 2.23. The van der Waals surface area contributed by atoms with Crippen molar-refractivity contribution >= 4 is 12.1 Å². The van der Waals surface area contributed by atoms with E-state index in [0.717, 1.165) is 0 Å². The Bertz CT molecular complexity index is 636. The van der Waals surface area contributed by atoms with E-state index in [1.807, 2.05) is 0 Å². The molecule has 8 nitrogen and oxygen atoms in total. The maximum atomic E-state index is 12.0. The van der Waals surface area contributed by atoms with E-state index in [0.29, 0.717) is 22.8 Å². The third-order valence-corrected chi connectivity index (χ3v) is 3.15. The summed E-state index contributed by atoms with van der Waals surface area (Å²) in [6.45, 7) is 5.23. The van der Waals surface area contributed by atoms with E-state index >= 15 is 0 Å². The number of carboxylic acid groups (broad SMARTS) is 1. The average Bonchev–Trinajstić information content (AvgIpc) is 2.91. The maximum Gasteiger partial charge on any atom is 0.408 e. The zero-order chi connectivity index (χ0) is 17.9. The van der Waals surface area contributed by atoms with Crippen molar-refractivity contribution in [3.63, 3.8) is 0 Å². The highest BCUT2D eigenvalue weighted by atomic mass is 16.7. The van der Waals surface area contributed by atoms with Crippen LogP contribution in [0.15, 0.2) is 12.1 Å². The van der Waals surface area contributed by atoms with Gasteiger partial charge in [0.05, 0.1) is 19.6 Å². The van der Waals surface area contributed by atoms with Gasteiger partial charge in [-0.25, -0.2) is 4.79 Å². The van der Waals surface area contributed by atoms with Crippen LogP contribution >= 0.6 is 0 Å². The van der Waals surface area contributed by atoms with Crippen molar-refractivity contribution in [1.82, 2.24) is 5.32 Å². The number of alkyl carbamates (subject to hydrolysis) is 1. The number of benzene rings is 1. The first-order valence-corrected chi connectivity index (χ1v) is 7.38. The first kappa shape index (κ1) is 17.7. The Morgan fingerprint density at radius 3 is 2.62 bits per heavy atom. The van der Waals surface area contributed by atoms with E-state index in [4.69, 9.17) is 24.1 Å². The number of methoxy groups -OCH3 is 1. The molecule has 8 heteroatoms. The summed E-state index contributed by atoms with van der Waals surface area (Å²) in [7, 11) is 1.47. The lowest BCUT2D eigenvalue weighted by Gasteiger charge is -2.23. The van der Waals surface area contributed by atoms with Crippen LogP contribution in [-0.2, 0) is 9.53 Å². The second-order valence-corrected chi connectivity index (χ2v) is 6.25. The second-order valence-electron chi connectivity index (χ2n) is 6.25. The standard InChI is InChI=1S/C16H21NO7/c1-16(2,3)24-15(20)17-10(7-13(18)19)9-5-11(21-4)14-12(6-9)22-8-23-14/h5-6,10H,7-8H2,1-4H3,(H,17,20)(H,18,19). The zero-order valence-electron chi connectivity index (χ0n) is 14.0. The molecule has 1 unspecified atom stereocenters. The van der Waals surface area contributed by atoms with Gasteiger partial charge in [0.2, 0.25) is 12.5 Å². The first-order valence-electron chi connectivity index (χ1n) is 7.38. The number of amides is 1. The molecule has 0 saturated heterocycles. The van der Waals surface area contributed by atoms with E-state index in [-0.39, 0.29) is 13.2 Å². The minimum Gasteiger partial charge on any atom is -0.493 e.